The Hall–Kier alpha value is -0.943. The van der Waals surface area contributed by atoms with Crippen molar-refractivity contribution in [3.05, 3.63) is 10.2 Å². The maximum absolute atomic E-state index is 13.6. The lowest BCUT2D eigenvalue weighted by Crippen LogP contribution is -2.59. The number of esters is 2. The van der Waals surface area contributed by atoms with E-state index in [-0.39, 0.29) is 22.7 Å². The Morgan fingerprint density at radius 3 is 1.95 bits per heavy atom. The summed E-state index contributed by atoms with van der Waals surface area (Å²) in [5.74, 6) is -4.54. The van der Waals surface area contributed by atoms with Crippen LogP contribution in [0.25, 0.3) is 0 Å². The van der Waals surface area contributed by atoms with Gasteiger partial charge in [-0.15, -0.1) is 0 Å². The van der Waals surface area contributed by atoms with Gasteiger partial charge in [0.1, 0.15) is 17.4 Å². The average Bonchev–Trinajstić information content (AvgIpc) is 3.48. The Kier molecular flexibility index (Phi) is 8.98. The van der Waals surface area contributed by atoms with Crippen LogP contribution in [0.5, 0.6) is 0 Å². The van der Waals surface area contributed by atoms with Crippen LogP contribution in [0.15, 0.2) is 10.2 Å². The fourth-order valence-electron chi connectivity index (χ4n) is 7.70. The zero-order chi connectivity index (χ0) is 29.0. The Labute approximate surface area is 238 Å². The topological polar surface area (TPSA) is 83.5 Å². The standard InChI is InChI=1S/C28H48BrNO7Si/c1-16(2)38(17(3)4,18(5)6)37-28-21(25(32)34-11)20(24(31)33-10)27(9,36-28)23(22(28)29)30-15-13-14-19(30)26(7,8)35-12/h16-21H,13-15H2,1-12H3/t19-,20+,21+,27-,28-/m0/s1. The molecule has 3 aliphatic rings. The number of hydrogen-bond acceptors (Lipinski definition) is 8. The molecule has 0 aromatic heterocycles. The van der Waals surface area contributed by atoms with Gasteiger partial charge in [-0.25, -0.2) is 0 Å². The fourth-order valence-corrected chi connectivity index (χ4v) is 14.4. The molecule has 0 saturated carbocycles. The number of halogens is 1. The summed E-state index contributed by atoms with van der Waals surface area (Å²) >= 11 is 3.93. The van der Waals surface area contributed by atoms with E-state index in [0.717, 1.165) is 25.1 Å². The monoisotopic (exact) mass is 617 g/mol. The molecular weight excluding hydrogens is 570 g/mol. The van der Waals surface area contributed by atoms with Crippen molar-refractivity contribution in [2.75, 3.05) is 27.9 Å². The third kappa shape index (κ3) is 4.41. The van der Waals surface area contributed by atoms with Gasteiger partial charge in [0.2, 0.25) is 14.1 Å². The van der Waals surface area contributed by atoms with E-state index in [4.69, 9.17) is 23.4 Å². The van der Waals surface area contributed by atoms with Gasteiger partial charge in [-0.1, -0.05) is 41.5 Å². The van der Waals surface area contributed by atoms with E-state index in [1.54, 1.807) is 7.11 Å². The van der Waals surface area contributed by atoms with Gasteiger partial charge in [-0.2, -0.15) is 0 Å². The van der Waals surface area contributed by atoms with E-state index >= 15 is 0 Å². The van der Waals surface area contributed by atoms with Gasteiger partial charge in [0.25, 0.3) is 0 Å². The van der Waals surface area contributed by atoms with E-state index in [2.05, 4.69) is 76.2 Å². The normalized spacial score (nSPS) is 31.8. The second kappa shape index (κ2) is 10.8. The smallest absolute Gasteiger partial charge is 0.315 e. The van der Waals surface area contributed by atoms with Gasteiger partial charge < -0.3 is 28.3 Å². The first-order valence-corrected chi connectivity index (χ1v) is 16.7. The third-order valence-corrected chi connectivity index (χ3v) is 16.5. The number of hydrogen-bond donors (Lipinski definition) is 0. The molecule has 0 amide bonds. The Morgan fingerprint density at radius 1 is 1.00 bits per heavy atom. The molecule has 0 unspecified atom stereocenters. The zero-order valence-electron chi connectivity index (χ0n) is 25.3. The average molecular weight is 619 g/mol. The minimum atomic E-state index is -2.63. The van der Waals surface area contributed by atoms with E-state index in [1.807, 2.05) is 6.92 Å². The van der Waals surface area contributed by atoms with Crippen LogP contribution < -0.4 is 0 Å². The maximum atomic E-state index is 13.6. The molecule has 38 heavy (non-hydrogen) atoms. The van der Waals surface area contributed by atoms with Gasteiger partial charge in [0.15, 0.2) is 0 Å². The van der Waals surface area contributed by atoms with Crippen LogP contribution in [-0.2, 0) is 33.0 Å². The molecule has 0 N–H and O–H groups in total. The Balaban J connectivity index is 2.36. The second-order valence-corrected chi connectivity index (χ2v) is 18.8. The number of ether oxygens (including phenoxy) is 4. The third-order valence-electron chi connectivity index (χ3n) is 9.50. The van der Waals surface area contributed by atoms with Crippen molar-refractivity contribution in [3.8, 4) is 0 Å². The van der Waals surface area contributed by atoms with Crippen LogP contribution in [0.1, 0.15) is 75.2 Å². The van der Waals surface area contributed by atoms with Crippen molar-refractivity contribution >= 4 is 36.2 Å². The molecule has 2 bridgehead atoms. The number of carbonyl (C=O) groups is 2. The highest BCUT2D eigenvalue weighted by molar-refractivity contribution is 9.11. The number of likely N-dealkylation sites (tertiary alicyclic amines) is 1. The van der Waals surface area contributed by atoms with Crippen molar-refractivity contribution in [2.24, 2.45) is 11.8 Å². The fraction of sp³-hybridized carbons (Fsp3) is 0.857. The van der Waals surface area contributed by atoms with Gasteiger partial charge in [-0.05, 0) is 66.2 Å². The molecule has 2 saturated heterocycles. The first kappa shape index (κ1) is 31.6. The van der Waals surface area contributed by atoms with Gasteiger partial charge in [-0.3, -0.25) is 9.59 Å². The predicted octanol–water partition coefficient (Wildman–Crippen LogP) is 5.75. The van der Waals surface area contributed by atoms with Gasteiger partial charge in [0.05, 0.1) is 36.0 Å². The summed E-state index contributed by atoms with van der Waals surface area (Å²) in [7, 11) is 1.78. The highest BCUT2D eigenvalue weighted by Gasteiger charge is 2.77. The molecule has 2 fully saturated rings. The number of fused-ring (bicyclic) bond motifs is 2. The summed E-state index contributed by atoms with van der Waals surface area (Å²) in [6.07, 6.45) is 1.90. The summed E-state index contributed by atoms with van der Waals surface area (Å²) in [6.45, 7) is 19.9. The Morgan fingerprint density at radius 2 is 1.50 bits per heavy atom. The highest BCUT2D eigenvalue weighted by Crippen LogP contribution is 2.66. The summed E-state index contributed by atoms with van der Waals surface area (Å²) in [5.41, 5.74) is -0.129. The number of methoxy groups -OCH3 is 3. The molecule has 8 nitrogen and oxygen atoms in total. The maximum Gasteiger partial charge on any atom is 0.315 e. The minimum absolute atomic E-state index is 0.0454. The lowest BCUT2D eigenvalue weighted by Gasteiger charge is -2.49. The zero-order valence-corrected chi connectivity index (χ0v) is 27.9. The van der Waals surface area contributed by atoms with E-state index < -0.39 is 49.1 Å². The molecular formula is C28H48BrNO7Si. The molecule has 3 aliphatic heterocycles. The van der Waals surface area contributed by atoms with Crippen molar-refractivity contribution in [1.82, 2.24) is 4.90 Å². The molecule has 5 atom stereocenters. The van der Waals surface area contributed by atoms with Crippen LogP contribution in [0.3, 0.4) is 0 Å². The number of nitrogens with zero attached hydrogens (tertiary/aromatic N) is 1. The number of carbonyl (C=O) groups excluding carboxylic acids is 2. The quantitative estimate of drug-likeness (QED) is 0.226. The Bertz CT molecular complexity index is 945. The van der Waals surface area contributed by atoms with Crippen molar-refractivity contribution in [2.45, 2.75) is 115 Å². The van der Waals surface area contributed by atoms with Gasteiger partial charge >= 0.3 is 11.9 Å². The van der Waals surface area contributed by atoms with Gasteiger partial charge in [0, 0.05) is 13.7 Å². The molecule has 0 radical (unpaired) electrons. The van der Waals surface area contributed by atoms with Crippen molar-refractivity contribution in [3.63, 3.8) is 0 Å². The van der Waals surface area contributed by atoms with Crippen LogP contribution in [0.2, 0.25) is 16.6 Å². The lowest BCUT2D eigenvalue weighted by atomic mass is 9.72. The number of rotatable bonds is 10. The summed E-state index contributed by atoms with van der Waals surface area (Å²) in [6, 6.07) is 0.0454. The molecule has 10 heteroatoms. The first-order chi connectivity index (χ1) is 17.5. The summed E-state index contributed by atoms with van der Waals surface area (Å²) in [4.78, 5) is 29.4. The van der Waals surface area contributed by atoms with E-state index in [0.29, 0.717) is 4.48 Å². The predicted molar refractivity (Wildman–Crippen MR) is 152 cm³/mol. The largest absolute Gasteiger partial charge is 0.469 e. The summed E-state index contributed by atoms with van der Waals surface area (Å²) < 4.78 is 31.5. The molecule has 3 heterocycles. The van der Waals surface area contributed by atoms with Crippen LogP contribution in [0.4, 0.5) is 0 Å². The van der Waals surface area contributed by atoms with Crippen LogP contribution >= 0.6 is 15.9 Å². The first-order valence-electron chi connectivity index (χ1n) is 13.8. The van der Waals surface area contributed by atoms with E-state index in [1.165, 1.54) is 14.2 Å². The summed E-state index contributed by atoms with van der Waals surface area (Å²) in [5, 5.41) is 0. The van der Waals surface area contributed by atoms with Crippen LogP contribution in [-0.4, -0.2) is 76.1 Å². The molecule has 0 aromatic carbocycles. The second-order valence-electron chi connectivity index (χ2n) is 12.6. The SMILES string of the molecule is COC(=O)[C@H]1[C@H](C(=O)OC)[C@]2(C)O[C@@]1(O[Si](C(C)C)(C(C)C)C(C)C)C(Br)=C2N1CCC[C@H]1C(C)(C)OC. The van der Waals surface area contributed by atoms with E-state index in [9.17, 15) is 9.59 Å². The molecule has 3 rings (SSSR count). The molecule has 218 valence electrons. The minimum Gasteiger partial charge on any atom is -0.469 e. The molecule has 0 aliphatic carbocycles. The van der Waals surface area contributed by atoms with Crippen LogP contribution in [0, 0.1) is 11.8 Å². The van der Waals surface area contributed by atoms with Crippen molar-refractivity contribution in [1.29, 1.82) is 0 Å². The highest BCUT2D eigenvalue weighted by atomic mass is 79.9. The molecule has 0 aromatic rings. The van der Waals surface area contributed by atoms with Crippen molar-refractivity contribution < 1.29 is 33.0 Å². The molecule has 0 spiro atoms. The lowest BCUT2D eigenvalue weighted by molar-refractivity contribution is -0.185.